The Balaban J connectivity index is 2.57. The van der Waals surface area contributed by atoms with Crippen molar-refractivity contribution >= 4 is 11.6 Å². The summed E-state index contributed by atoms with van der Waals surface area (Å²) in [6.07, 6.45) is 3.29. The minimum atomic E-state index is 0.294. The fourth-order valence-corrected chi connectivity index (χ4v) is 2.77. The summed E-state index contributed by atoms with van der Waals surface area (Å²) in [4.78, 5) is 0. The number of hydrogen-bond acceptors (Lipinski definition) is 2. The fraction of sp³-hybridized carbons (Fsp3) is 0.800. The van der Waals surface area contributed by atoms with Crippen LogP contribution in [0.4, 0.5) is 0 Å². The molecule has 3 nitrogen and oxygen atoms in total. The van der Waals surface area contributed by atoms with Gasteiger partial charge in [0.05, 0.1) is 16.4 Å². The number of aromatic nitrogens is 2. The van der Waals surface area contributed by atoms with Crippen LogP contribution in [0.15, 0.2) is 0 Å². The molecule has 0 aliphatic carbocycles. The Morgan fingerprint density at radius 2 is 2.00 bits per heavy atom. The number of halogens is 1. The minimum Gasteiger partial charge on any atom is -0.314 e. The molecule has 1 unspecified atom stereocenters. The van der Waals surface area contributed by atoms with Gasteiger partial charge in [-0.05, 0) is 38.1 Å². The smallest absolute Gasteiger partial charge is 0.0846 e. The van der Waals surface area contributed by atoms with Gasteiger partial charge in [-0.15, -0.1) is 0 Å². The van der Waals surface area contributed by atoms with E-state index in [0.717, 1.165) is 42.2 Å². The van der Waals surface area contributed by atoms with Crippen LogP contribution in [0.3, 0.4) is 0 Å². The van der Waals surface area contributed by atoms with Crippen LogP contribution >= 0.6 is 11.6 Å². The normalized spacial score (nSPS) is 13.8. The lowest BCUT2D eigenvalue weighted by Crippen LogP contribution is -2.40. The second-order valence-electron chi connectivity index (χ2n) is 6.34. The lowest BCUT2D eigenvalue weighted by molar-refractivity contribution is 0.254. The van der Waals surface area contributed by atoms with E-state index in [1.54, 1.807) is 0 Å². The van der Waals surface area contributed by atoms with Gasteiger partial charge in [-0.2, -0.15) is 5.10 Å². The zero-order chi connectivity index (χ0) is 14.6. The first kappa shape index (κ1) is 16.5. The molecule has 1 heterocycles. The average molecular weight is 286 g/mol. The van der Waals surface area contributed by atoms with Crippen molar-refractivity contribution in [1.29, 1.82) is 0 Å². The molecule has 1 aromatic heterocycles. The standard InChI is InChI=1S/C15H28ClN3/c1-7-17-13(15(3,4)5)10-8-9-12-14(16)11(2)18-19(12)6/h13,17H,7-10H2,1-6H3. The zero-order valence-electron chi connectivity index (χ0n) is 13.2. The molecule has 0 bridgehead atoms. The molecule has 4 heteroatoms. The van der Waals surface area contributed by atoms with Crippen LogP contribution in [0.1, 0.15) is 51.9 Å². The molecule has 110 valence electrons. The first-order chi connectivity index (χ1) is 8.77. The SMILES string of the molecule is CCNC(CCCc1c(Cl)c(C)nn1C)C(C)(C)C. The van der Waals surface area contributed by atoms with E-state index in [4.69, 9.17) is 11.6 Å². The number of nitrogens with one attached hydrogen (secondary N) is 1. The van der Waals surface area contributed by atoms with E-state index in [0.29, 0.717) is 11.5 Å². The largest absolute Gasteiger partial charge is 0.314 e. The lowest BCUT2D eigenvalue weighted by Gasteiger charge is -2.31. The van der Waals surface area contributed by atoms with Crippen LogP contribution in [-0.2, 0) is 13.5 Å². The van der Waals surface area contributed by atoms with Crippen molar-refractivity contribution in [3.8, 4) is 0 Å². The van der Waals surface area contributed by atoms with E-state index in [1.807, 2.05) is 18.7 Å². The number of rotatable bonds is 6. The van der Waals surface area contributed by atoms with Crippen molar-refractivity contribution in [3.05, 3.63) is 16.4 Å². The molecule has 1 rings (SSSR count). The molecule has 1 aromatic rings. The van der Waals surface area contributed by atoms with Crippen molar-refractivity contribution in [1.82, 2.24) is 15.1 Å². The van der Waals surface area contributed by atoms with Gasteiger partial charge in [-0.25, -0.2) is 0 Å². The van der Waals surface area contributed by atoms with Crippen molar-refractivity contribution in [3.63, 3.8) is 0 Å². The molecule has 19 heavy (non-hydrogen) atoms. The second-order valence-corrected chi connectivity index (χ2v) is 6.72. The van der Waals surface area contributed by atoms with E-state index >= 15 is 0 Å². The number of nitrogens with zero attached hydrogens (tertiary/aromatic N) is 2. The summed E-state index contributed by atoms with van der Waals surface area (Å²) in [7, 11) is 1.97. The third kappa shape index (κ3) is 4.50. The summed E-state index contributed by atoms with van der Waals surface area (Å²) < 4.78 is 1.91. The van der Waals surface area contributed by atoms with Gasteiger partial charge >= 0.3 is 0 Å². The van der Waals surface area contributed by atoms with Gasteiger partial charge in [0, 0.05) is 13.1 Å². The van der Waals surface area contributed by atoms with Gasteiger partial charge < -0.3 is 5.32 Å². The van der Waals surface area contributed by atoms with Gasteiger partial charge in [0.1, 0.15) is 0 Å². The summed E-state index contributed by atoms with van der Waals surface area (Å²) in [6.45, 7) is 12.0. The van der Waals surface area contributed by atoms with Gasteiger partial charge in [-0.1, -0.05) is 39.3 Å². The fourth-order valence-electron chi connectivity index (χ4n) is 2.51. The maximum Gasteiger partial charge on any atom is 0.0846 e. The molecule has 1 N–H and O–H groups in total. The highest BCUT2D eigenvalue weighted by molar-refractivity contribution is 6.31. The molecular formula is C15H28ClN3. The molecule has 1 atom stereocenters. The predicted octanol–water partition coefficient (Wildman–Crippen LogP) is 3.73. The molecule has 0 fully saturated rings. The summed E-state index contributed by atoms with van der Waals surface area (Å²) >= 11 is 6.28. The molecule has 0 aromatic carbocycles. The highest BCUT2D eigenvalue weighted by Gasteiger charge is 2.23. The van der Waals surface area contributed by atoms with Gasteiger partial charge in [0.2, 0.25) is 0 Å². The molecule has 0 spiro atoms. The molecule has 0 radical (unpaired) electrons. The summed E-state index contributed by atoms with van der Waals surface area (Å²) in [6, 6.07) is 0.547. The van der Waals surface area contributed by atoms with Crippen molar-refractivity contribution < 1.29 is 0 Å². The third-order valence-corrected chi connectivity index (χ3v) is 4.16. The highest BCUT2D eigenvalue weighted by atomic mass is 35.5. The van der Waals surface area contributed by atoms with E-state index in [2.05, 4.69) is 38.1 Å². The maximum atomic E-state index is 6.28. The Labute approximate surface area is 122 Å². The molecule has 0 aliphatic rings. The van der Waals surface area contributed by atoms with Crippen LogP contribution in [0.5, 0.6) is 0 Å². The Morgan fingerprint density at radius 3 is 2.42 bits per heavy atom. The van der Waals surface area contributed by atoms with E-state index in [9.17, 15) is 0 Å². The zero-order valence-corrected chi connectivity index (χ0v) is 13.9. The third-order valence-electron chi connectivity index (χ3n) is 3.66. The maximum absolute atomic E-state index is 6.28. The lowest BCUT2D eigenvalue weighted by atomic mass is 9.83. The van der Waals surface area contributed by atoms with Gasteiger partial charge in [-0.3, -0.25) is 4.68 Å². The summed E-state index contributed by atoms with van der Waals surface area (Å²) in [5.74, 6) is 0. The number of hydrogen-bond donors (Lipinski definition) is 1. The molecule has 0 amide bonds. The van der Waals surface area contributed by atoms with Gasteiger partial charge in [0.15, 0.2) is 0 Å². The minimum absolute atomic E-state index is 0.294. The molecular weight excluding hydrogens is 258 g/mol. The second kappa shape index (κ2) is 6.76. The van der Waals surface area contributed by atoms with Crippen LogP contribution < -0.4 is 5.32 Å². The van der Waals surface area contributed by atoms with Crippen LogP contribution in [0.25, 0.3) is 0 Å². The van der Waals surface area contributed by atoms with Gasteiger partial charge in [0.25, 0.3) is 0 Å². The first-order valence-corrected chi connectivity index (χ1v) is 7.56. The van der Waals surface area contributed by atoms with Crippen molar-refractivity contribution in [2.24, 2.45) is 12.5 Å². The predicted molar refractivity (Wildman–Crippen MR) is 82.8 cm³/mol. The molecule has 0 saturated carbocycles. The Hall–Kier alpha value is -0.540. The summed E-state index contributed by atoms with van der Waals surface area (Å²) in [5, 5.41) is 8.78. The first-order valence-electron chi connectivity index (χ1n) is 7.18. The van der Waals surface area contributed by atoms with Crippen LogP contribution in [0.2, 0.25) is 5.02 Å². The van der Waals surface area contributed by atoms with E-state index in [1.165, 1.54) is 0 Å². The van der Waals surface area contributed by atoms with Crippen LogP contribution in [0, 0.1) is 12.3 Å². The summed E-state index contributed by atoms with van der Waals surface area (Å²) in [5.41, 5.74) is 2.38. The topological polar surface area (TPSA) is 29.9 Å². The average Bonchev–Trinajstić information content (AvgIpc) is 2.53. The van der Waals surface area contributed by atoms with E-state index in [-0.39, 0.29) is 0 Å². The highest BCUT2D eigenvalue weighted by Crippen LogP contribution is 2.25. The molecule has 0 saturated heterocycles. The quantitative estimate of drug-likeness (QED) is 0.863. The Morgan fingerprint density at radius 1 is 1.37 bits per heavy atom. The molecule has 0 aliphatic heterocycles. The van der Waals surface area contributed by atoms with Crippen LogP contribution in [-0.4, -0.2) is 22.4 Å². The monoisotopic (exact) mass is 285 g/mol. The van der Waals surface area contributed by atoms with Crippen molar-refractivity contribution in [2.75, 3.05) is 6.54 Å². The Kier molecular flexibility index (Phi) is 5.87. The number of aryl methyl sites for hydroxylation is 2. The van der Waals surface area contributed by atoms with E-state index < -0.39 is 0 Å². The Bertz CT molecular complexity index is 404. The van der Waals surface area contributed by atoms with Crippen molar-refractivity contribution in [2.45, 2.75) is 59.9 Å².